The van der Waals surface area contributed by atoms with Crippen molar-refractivity contribution in [2.45, 2.75) is 0 Å². The first-order valence-electron chi connectivity index (χ1n) is 5.62. The van der Waals surface area contributed by atoms with Crippen LogP contribution in [0, 0.1) is 0 Å². The van der Waals surface area contributed by atoms with Crippen molar-refractivity contribution in [3.63, 3.8) is 0 Å². The van der Waals surface area contributed by atoms with Crippen LogP contribution in [0.2, 0.25) is 0 Å². The molecule has 0 aliphatic heterocycles. The van der Waals surface area contributed by atoms with Gasteiger partial charge in [-0.2, -0.15) is 0 Å². The second-order valence-electron chi connectivity index (χ2n) is 3.84. The van der Waals surface area contributed by atoms with E-state index in [-0.39, 0.29) is 5.69 Å². The third-order valence-electron chi connectivity index (χ3n) is 2.51. The Bertz CT molecular complexity index is 597. The standard InChI is InChI=1S/C14H13N3O2/c1-10(11-5-3-2-4-6-11)16-12-7-8-15-13(9-12)14(18)17-19/h2-9,19H,1H2,(H,15,16)(H,17,18). The van der Waals surface area contributed by atoms with Crippen molar-refractivity contribution < 1.29 is 10.0 Å². The van der Waals surface area contributed by atoms with E-state index in [2.05, 4.69) is 16.9 Å². The van der Waals surface area contributed by atoms with Crippen LogP contribution in [0.15, 0.2) is 55.2 Å². The molecule has 3 N–H and O–H groups in total. The lowest BCUT2D eigenvalue weighted by Gasteiger charge is -2.10. The van der Waals surface area contributed by atoms with Gasteiger partial charge in [-0.05, 0) is 17.7 Å². The van der Waals surface area contributed by atoms with Gasteiger partial charge in [-0.15, -0.1) is 0 Å². The zero-order valence-corrected chi connectivity index (χ0v) is 10.1. The second-order valence-corrected chi connectivity index (χ2v) is 3.84. The molecule has 1 aromatic heterocycles. The molecule has 19 heavy (non-hydrogen) atoms. The number of aromatic nitrogens is 1. The number of nitrogens with one attached hydrogen (secondary N) is 2. The molecule has 0 saturated carbocycles. The molecule has 1 aromatic carbocycles. The summed E-state index contributed by atoms with van der Waals surface area (Å²) in [7, 11) is 0. The largest absolute Gasteiger partial charge is 0.355 e. The van der Waals surface area contributed by atoms with Crippen LogP contribution in [-0.2, 0) is 0 Å². The Morgan fingerprint density at radius 3 is 2.63 bits per heavy atom. The minimum atomic E-state index is -0.658. The summed E-state index contributed by atoms with van der Waals surface area (Å²) in [6, 6.07) is 12.9. The highest BCUT2D eigenvalue weighted by Gasteiger charge is 2.07. The van der Waals surface area contributed by atoms with Gasteiger partial charge in [0.25, 0.3) is 5.91 Å². The lowest BCUT2D eigenvalue weighted by atomic mass is 10.1. The Morgan fingerprint density at radius 1 is 1.21 bits per heavy atom. The maximum absolute atomic E-state index is 11.2. The molecule has 2 rings (SSSR count). The highest BCUT2D eigenvalue weighted by atomic mass is 16.5. The molecule has 0 bridgehead atoms. The summed E-state index contributed by atoms with van der Waals surface area (Å²) < 4.78 is 0. The van der Waals surface area contributed by atoms with Gasteiger partial charge in [-0.1, -0.05) is 36.9 Å². The third kappa shape index (κ3) is 3.17. The summed E-state index contributed by atoms with van der Waals surface area (Å²) in [5.41, 5.74) is 3.99. The summed E-state index contributed by atoms with van der Waals surface area (Å²) in [5, 5.41) is 11.6. The number of hydrogen-bond donors (Lipinski definition) is 3. The molecular formula is C14H13N3O2. The molecule has 0 atom stereocenters. The molecule has 5 nitrogen and oxygen atoms in total. The Labute approximate surface area is 110 Å². The van der Waals surface area contributed by atoms with Crippen LogP contribution in [0.1, 0.15) is 16.1 Å². The Morgan fingerprint density at radius 2 is 1.95 bits per heavy atom. The first-order chi connectivity index (χ1) is 9.20. The molecule has 0 saturated heterocycles. The van der Waals surface area contributed by atoms with E-state index in [0.717, 1.165) is 5.56 Å². The van der Waals surface area contributed by atoms with Crippen molar-refractivity contribution in [1.82, 2.24) is 10.5 Å². The third-order valence-corrected chi connectivity index (χ3v) is 2.51. The molecule has 96 valence electrons. The summed E-state index contributed by atoms with van der Waals surface area (Å²) in [6.07, 6.45) is 1.48. The van der Waals surface area contributed by atoms with Crippen LogP contribution in [0.4, 0.5) is 5.69 Å². The molecule has 0 fully saturated rings. The van der Waals surface area contributed by atoms with Crippen molar-refractivity contribution >= 4 is 17.3 Å². The maximum Gasteiger partial charge on any atom is 0.293 e. The normalized spacial score (nSPS) is 9.74. The van der Waals surface area contributed by atoms with E-state index >= 15 is 0 Å². The maximum atomic E-state index is 11.2. The first kappa shape index (κ1) is 12.8. The van der Waals surface area contributed by atoms with Gasteiger partial charge in [0.1, 0.15) is 5.69 Å². The first-order valence-corrected chi connectivity index (χ1v) is 5.62. The Balaban J connectivity index is 2.16. The number of carbonyl (C=O) groups is 1. The lowest BCUT2D eigenvalue weighted by Crippen LogP contribution is -2.19. The molecule has 0 aliphatic rings. The smallest absolute Gasteiger partial charge is 0.293 e. The number of pyridine rings is 1. The Kier molecular flexibility index (Phi) is 3.90. The van der Waals surface area contributed by atoms with E-state index in [0.29, 0.717) is 11.4 Å². The summed E-state index contributed by atoms with van der Waals surface area (Å²) in [4.78, 5) is 15.1. The summed E-state index contributed by atoms with van der Waals surface area (Å²) in [5.74, 6) is -0.658. The van der Waals surface area contributed by atoms with E-state index < -0.39 is 5.91 Å². The predicted octanol–water partition coefficient (Wildman–Crippen LogP) is 2.28. The number of amides is 1. The van der Waals surface area contributed by atoms with Gasteiger partial charge in [-0.3, -0.25) is 15.0 Å². The van der Waals surface area contributed by atoms with Gasteiger partial charge in [0.15, 0.2) is 0 Å². The van der Waals surface area contributed by atoms with E-state index in [1.54, 1.807) is 11.5 Å². The highest BCUT2D eigenvalue weighted by Crippen LogP contribution is 2.16. The quantitative estimate of drug-likeness (QED) is 0.579. The predicted molar refractivity (Wildman–Crippen MR) is 72.6 cm³/mol. The van der Waals surface area contributed by atoms with Crippen LogP contribution < -0.4 is 10.8 Å². The zero-order valence-electron chi connectivity index (χ0n) is 10.1. The average molecular weight is 255 g/mol. The molecule has 2 aromatic rings. The number of benzene rings is 1. The van der Waals surface area contributed by atoms with Crippen LogP contribution in [0.5, 0.6) is 0 Å². The molecule has 0 spiro atoms. The van der Waals surface area contributed by atoms with Gasteiger partial charge in [-0.25, -0.2) is 5.48 Å². The molecular weight excluding hydrogens is 242 g/mol. The number of nitrogens with zero attached hydrogens (tertiary/aromatic N) is 1. The second kappa shape index (κ2) is 5.79. The average Bonchev–Trinajstić information content (AvgIpc) is 2.47. The minimum absolute atomic E-state index is 0.119. The number of anilines is 1. The molecule has 0 unspecified atom stereocenters. The van der Waals surface area contributed by atoms with Crippen LogP contribution in [0.25, 0.3) is 5.70 Å². The topological polar surface area (TPSA) is 74.2 Å². The van der Waals surface area contributed by atoms with Gasteiger partial charge >= 0.3 is 0 Å². The SMILES string of the molecule is C=C(Nc1ccnc(C(=O)NO)c1)c1ccccc1. The summed E-state index contributed by atoms with van der Waals surface area (Å²) >= 11 is 0. The fourth-order valence-electron chi connectivity index (χ4n) is 1.58. The fraction of sp³-hybridized carbons (Fsp3) is 0. The van der Waals surface area contributed by atoms with Gasteiger partial charge in [0.05, 0.1) is 0 Å². The number of hydrogen-bond acceptors (Lipinski definition) is 4. The highest BCUT2D eigenvalue weighted by molar-refractivity contribution is 5.92. The van der Waals surface area contributed by atoms with E-state index in [1.807, 2.05) is 30.3 Å². The Hall–Kier alpha value is -2.66. The number of hydroxylamine groups is 1. The molecule has 0 radical (unpaired) electrons. The fourth-order valence-corrected chi connectivity index (χ4v) is 1.58. The van der Waals surface area contributed by atoms with Crippen molar-refractivity contribution in [1.29, 1.82) is 0 Å². The van der Waals surface area contributed by atoms with Gasteiger partial charge in [0.2, 0.25) is 0 Å². The zero-order chi connectivity index (χ0) is 13.7. The molecule has 1 heterocycles. The van der Waals surface area contributed by atoms with E-state index in [4.69, 9.17) is 5.21 Å². The van der Waals surface area contributed by atoms with Crippen molar-refractivity contribution in [3.8, 4) is 0 Å². The van der Waals surface area contributed by atoms with Crippen LogP contribution >= 0.6 is 0 Å². The van der Waals surface area contributed by atoms with Crippen LogP contribution in [-0.4, -0.2) is 16.1 Å². The van der Waals surface area contributed by atoms with Gasteiger partial charge in [0, 0.05) is 17.6 Å². The number of carbonyl (C=O) groups excluding carboxylic acids is 1. The van der Waals surface area contributed by atoms with Crippen molar-refractivity contribution in [2.24, 2.45) is 0 Å². The minimum Gasteiger partial charge on any atom is -0.355 e. The van der Waals surface area contributed by atoms with Crippen LogP contribution in [0.3, 0.4) is 0 Å². The van der Waals surface area contributed by atoms with Gasteiger partial charge < -0.3 is 5.32 Å². The molecule has 0 aliphatic carbocycles. The monoisotopic (exact) mass is 255 g/mol. The molecule has 5 heteroatoms. The van der Waals surface area contributed by atoms with E-state index in [1.165, 1.54) is 12.3 Å². The van der Waals surface area contributed by atoms with Crippen molar-refractivity contribution in [2.75, 3.05) is 5.32 Å². The number of rotatable bonds is 4. The lowest BCUT2D eigenvalue weighted by molar-refractivity contribution is 0.0701. The summed E-state index contributed by atoms with van der Waals surface area (Å²) in [6.45, 7) is 3.93. The van der Waals surface area contributed by atoms with E-state index in [9.17, 15) is 4.79 Å². The van der Waals surface area contributed by atoms with Crippen molar-refractivity contribution in [3.05, 3.63) is 66.5 Å². The molecule has 1 amide bonds.